The van der Waals surface area contributed by atoms with E-state index >= 15 is 0 Å². The Morgan fingerprint density at radius 1 is 1.24 bits per heavy atom. The van der Waals surface area contributed by atoms with Crippen LogP contribution in [0.5, 0.6) is 0 Å². The molecule has 0 atom stereocenters. The van der Waals surface area contributed by atoms with Gasteiger partial charge >= 0.3 is 5.97 Å². The van der Waals surface area contributed by atoms with Crippen LogP contribution in [0.1, 0.15) is 16.8 Å². The lowest BCUT2D eigenvalue weighted by atomic mass is 10.2. The van der Waals surface area contributed by atoms with Gasteiger partial charge in [-0.25, -0.2) is 13.6 Å². The van der Waals surface area contributed by atoms with Crippen LogP contribution in [0.25, 0.3) is 10.2 Å². The zero-order chi connectivity index (χ0) is 21.2. The lowest BCUT2D eigenvalue weighted by Gasteiger charge is -2.05. The first-order chi connectivity index (χ1) is 13.7. The molecular weight excluding hydrogens is 482 g/mol. The lowest BCUT2D eigenvalue weighted by Crippen LogP contribution is -2.19. The van der Waals surface area contributed by atoms with Gasteiger partial charge in [-0.2, -0.15) is 4.99 Å². The quantitative estimate of drug-likeness (QED) is 0.542. The third-order valence-electron chi connectivity index (χ3n) is 4.05. The summed E-state index contributed by atoms with van der Waals surface area (Å²) in [5.41, 5.74) is 1.01. The molecule has 0 radical (unpaired) electrons. The van der Waals surface area contributed by atoms with Crippen LogP contribution >= 0.6 is 27.3 Å². The predicted octanol–water partition coefficient (Wildman–Crippen LogP) is 2.42. The molecule has 0 aliphatic carbocycles. The number of amides is 1. The molecule has 0 aliphatic heterocycles. The van der Waals surface area contributed by atoms with Gasteiger partial charge in [-0.15, -0.1) is 0 Å². The fourth-order valence-corrected chi connectivity index (χ4v) is 4.78. The van der Waals surface area contributed by atoms with E-state index in [4.69, 9.17) is 5.14 Å². The minimum atomic E-state index is -3.88. The molecule has 0 fully saturated rings. The smallest absolute Gasteiger partial charge is 0.307 e. The SMILES string of the molecule is COC(=O)CCn1c(=NC(=O)c2ccccc2Br)sc2cc(S(N)(=O)=O)ccc21. The van der Waals surface area contributed by atoms with Gasteiger partial charge in [0, 0.05) is 11.0 Å². The molecule has 0 spiro atoms. The van der Waals surface area contributed by atoms with Crippen molar-refractivity contribution in [1.29, 1.82) is 0 Å². The number of nitrogens with two attached hydrogens (primary N) is 1. The van der Waals surface area contributed by atoms with Crippen molar-refractivity contribution in [2.45, 2.75) is 17.9 Å². The molecule has 0 unspecified atom stereocenters. The molecular formula is C18H16BrN3O5S2. The summed E-state index contributed by atoms with van der Waals surface area (Å²) >= 11 is 4.46. The van der Waals surface area contributed by atoms with E-state index in [0.29, 0.717) is 25.1 Å². The molecule has 1 amide bonds. The summed E-state index contributed by atoms with van der Waals surface area (Å²) in [5.74, 6) is -0.886. The number of ether oxygens (including phenoxy) is 1. The summed E-state index contributed by atoms with van der Waals surface area (Å²) < 4.78 is 30.8. The molecule has 152 valence electrons. The molecule has 1 aromatic heterocycles. The molecule has 0 bridgehead atoms. The number of primary sulfonamides is 1. The summed E-state index contributed by atoms with van der Waals surface area (Å²) in [6, 6.07) is 11.3. The van der Waals surface area contributed by atoms with Crippen LogP contribution in [0.15, 0.2) is 56.8 Å². The first-order valence-electron chi connectivity index (χ1n) is 8.27. The summed E-state index contributed by atoms with van der Waals surface area (Å²) in [5, 5.41) is 5.21. The van der Waals surface area contributed by atoms with Crippen molar-refractivity contribution in [3.8, 4) is 0 Å². The van der Waals surface area contributed by atoms with E-state index in [2.05, 4.69) is 25.7 Å². The number of carbonyl (C=O) groups excluding carboxylic acids is 2. The molecule has 0 saturated carbocycles. The second-order valence-electron chi connectivity index (χ2n) is 5.93. The summed E-state index contributed by atoms with van der Waals surface area (Å²) in [4.78, 5) is 28.8. The molecule has 2 aromatic carbocycles. The van der Waals surface area contributed by atoms with Crippen LogP contribution in [0.2, 0.25) is 0 Å². The number of esters is 1. The normalized spacial score (nSPS) is 12.3. The summed E-state index contributed by atoms with van der Waals surface area (Å²) in [7, 11) is -2.59. The Morgan fingerprint density at radius 3 is 2.62 bits per heavy atom. The number of hydrogen-bond donors (Lipinski definition) is 1. The van der Waals surface area contributed by atoms with E-state index in [9.17, 15) is 18.0 Å². The van der Waals surface area contributed by atoms with Gasteiger partial charge in [-0.05, 0) is 46.3 Å². The number of thiazole rings is 1. The van der Waals surface area contributed by atoms with Gasteiger partial charge in [0.15, 0.2) is 4.80 Å². The highest BCUT2D eigenvalue weighted by molar-refractivity contribution is 9.10. The monoisotopic (exact) mass is 497 g/mol. The largest absolute Gasteiger partial charge is 0.469 e. The maximum absolute atomic E-state index is 12.7. The van der Waals surface area contributed by atoms with Gasteiger partial charge in [-0.1, -0.05) is 23.5 Å². The lowest BCUT2D eigenvalue weighted by molar-refractivity contribution is -0.140. The van der Waals surface area contributed by atoms with Crippen molar-refractivity contribution >= 4 is 59.4 Å². The van der Waals surface area contributed by atoms with Gasteiger partial charge in [-0.3, -0.25) is 9.59 Å². The molecule has 2 N–H and O–H groups in total. The zero-order valence-corrected chi connectivity index (χ0v) is 18.4. The highest BCUT2D eigenvalue weighted by Crippen LogP contribution is 2.22. The number of fused-ring (bicyclic) bond motifs is 1. The first kappa shape index (κ1) is 21.4. The first-order valence-corrected chi connectivity index (χ1v) is 11.4. The van der Waals surface area contributed by atoms with Crippen molar-refractivity contribution < 1.29 is 22.7 Å². The summed E-state index contributed by atoms with van der Waals surface area (Å²) in [6.45, 7) is 0.212. The van der Waals surface area contributed by atoms with E-state index in [-0.39, 0.29) is 17.9 Å². The number of carbonyl (C=O) groups is 2. The van der Waals surface area contributed by atoms with Crippen LogP contribution in [-0.4, -0.2) is 32.0 Å². The number of nitrogens with zero attached hydrogens (tertiary/aromatic N) is 2. The highest BCUT2D eigenvalue weighted by Gasteiger charge is 2.15. The minimum Gasteiger partial charge on any atom is -0.469 e. The molecule has 3 rings (SSSR count). The number of aromatic nitrogens is 1. The Labute approximate surface area is 178 Å². The third-order valence-corrected chi connectivity index (χ3v) is 6.70. The molecule has 0 aliphatic rings. The van der Waals surface area contributed by atoms with E-state index in [1.165, 1.54) is 19.2 Å². The molecule has 8 nitrogen and oxygen atoms in total. The molecule has 1 heterocycles. The Kier molecular flexibility index (Phi) is 6.32. The van der Waals surface area contributed by atoms with Crippen molar-refractivity contribution in [3.63, 3.8) is 0 Å². The standard InChI is InChI=1S/C18H16BrN3O5S2/c1-27-16(23)8-9-22-14-7-6-11(29(20,25)26)10-15(14)28-18(22)21-17(24)12-4-2-3-5-13(12)19/h2-7,10H,8-9H2,1H3,(H2,20,25,26). The topological polar surface area (TPSA) is 121 Å². The van der Waals surface area contributed by atoms with Gasteiger partial charge in [0.1, 0.15) is 0 Å². The van der Waals surface area contributed by atoms with Crippen molar-refractivity contribution in [3.05, 3.63) is 57.3 Å². The number of rotatable bonds is 5. The predicted molar refractivity (Wildman–Crippen MR) is 112 cm³/mol. The van der Waals surface area contributed by atoms with Crippen LogP contribution in [-0.2, 0) is 26.1 Å². The van der Waals surface area contributed by atoms with E-state index < -0.39 is 21.9 Å². The second-order valence-corrected chi connectivity index (χ2v) is 9.36. The van der Waals surface area contributed by atoms with Gasteiger partial charge in [0.05, 0.1) is 34.2 Å². The second kappa shape index (κ2) is 8.57. The Hall–Kier alpha value is -2.34. The number of halogens is 1. The van der Waals surface area contributed by atoms with Crippen molar-refractivity contribution in [1.82, 2.24) is 4.57 Å². The molecule has 29 heavy (non-hydrogen) atoms. The summed E-state index contributed by atoms with van der Waals surface area (Å²) in [6.07, 6.45) is 0.0652. The Morgan fingerprint density at radius 2 is 1.97 bits per heavy atom. The minimum absolute atomic E-state index is 0.0463. The number of methoxy groups -OCH3 is 1. The van der Waals surface area contributed by atoms with Crippen LogP contribution < -0.4 is 9.94 Å². The van der Waals surface area contributed by atoms with Crippen LogP contribution in [0.4, 0.5) is 0 Å². The molecule has 0 saturated heterocycles. The third kappa shape index (κ3) is 4.81. The average molecular weight is 498 g/mol. The number of aryl methyl sites for hydroxylation is 1. The van der Waals surface area contributed by atoms with Gasteiger partial charge < -0.3 is 9.30 Å². The number of hydrogen-bond acceptors (Lipinski definition) is 6. The van der Waals surface area contributed by atoms with E-state index in [0.717, 1.165) is 11.3 Å². The Balaban J connectivity index is 2.16. The van der Waals surface area contributed by atoms with Gasteiger partial charge in [0.2, 0.25) is 10.0 Å². The zero-order valence-electron chi connectivity index (χ0n) is 15.2. The fraction of sp³-hybridized carbons (Fsp3) is 0.167. The maximum Gasteiger partial charge on any atom is 0.307 e. The van der Waals surface area contributed by atoms with Gasteiger partial charge in [0.25, 0.3) is 5.91 Å². The van der Waals surface area contributed by atoms with Crippen molar-refractivity contribution in [2.75, 3.05) is 7.11 Å². The number of benzene rings is 2. The maximum atomic E-state index is 12.7. The number of sulfonamides is 1. The van der Waals surface area contributed by atoms with E-state index in [1.54, 1.807) is 34.9 Å². The molecule has 3 aromatic rings. The highest BCUT2D eigenvalue weighted by atomic mass is 79.9. The molecule has 11 heteroatoms. The Bertz CT molecular complexity index is 1280. The average Bonchev–Trinajstić information content (AvgIpc) is 3.01. The van der Waals surface area contributed by atoms with Crippen molar-refractivity contribution in [2.24, 2.45) is 10.1 Å². The van der Waals surface area contributed by atoms with Crippen LogP contribution in [0.3, 0.4) is 0 Å². The van der Waals surface area contributed by atoms with Crippen LogP contribution in [0, 0.1) is 0 Å². The van der Waals surface area contributed by atoms with E-state index in [1.807, 2.05) is 0 Å². The fourth-order valence-electron chi connectivity index (χ4n) is 2.62.